The van der Waals surface area contributed by atoms with Gasteiger partial charge in [0.1, 0.15) is 0 Å². The first-order valence-electron chi connectivity index (χ1n) is 5.94. The number of aryl methyl sites for hydroxylation is 1. The summed E-state index contributed by atoms with van der Waals surface area (Å²) >= 11 is 0. The van der Waals surface area contributed by atoms with Gasteiger partial charge < -0.3 is 5.11 Å². The lowest BCUT2D eigenvalue weighted by Crippen LogP contribution is -2.00. The molecule has 1 aromatic carbocycles. The van der Waals surface area contributed by atoms with Crippen LogP contribution in [-0.2, 0) is 17.6 Å². The quantitative estimate of drug-likeness (QED) is 0.728. The summed E-state index contributed by atoms with van der Waals surface area (Å²) in [6.45, 7) is 2.14. The van der Waals surface area contributed by atoms with Gasteiger partial charge in [-0.05, 0) is 24.0 Å². The maximum atomic E-state index is 10.6. The lowest BCUT2D eigenvalue weighted by atomic mass is 10.0. The van der Waals surface area contributed by atoms with Crippen LogP contribution in [0.2, 0.25) is 0 Å². The summed E-state index contributed by atoms with van der Waals surface area (Å²) in [5.74, 6) is -0.876. The van der Waals surface area contributed by atoms with Crippen LogP contribution >= 0.6 is 0 Å². The average Bonchev–Trinajstić information content (AvgIpc) is 2.23. The fourth-order valence-corrected chi connectivity index (χ4v) is 1.55. The maximum absolute atomic E-state index is 10.6. The molecule has 1 rings (SSSR count). The fraction of sp³-hybridized carbons (Fsp3) is 0.462. The lowest BCUT2D eigenvalue weighted by molar-refractivity contribution is -0.136. The van der Waals surface area contributed by atoms with E-state index in [0.717, 1.165) is 31.2 Å². The minimum Gasteiger partial charge on any atom is -0.481 e. The van der Waals surface area contributed by atoms with Crippen LogP contribution in [0.25, 0.3) is 0 Å². The Hall–Kier alpha value is -1.31. The number of hydrogen-bond donors (Lipinski definition) is 1. The van der Waals surface area contributed by atoms with Crippen molar-refractivity contribution in [3.63, 3.8) is 0 Å². The summed E-state index contributed by atoms with van der Waals surface area (Å²) in [7, 11) is 0. The first-order valence-corrected chi connectivity index (χ1v) is 5.44. The zero-order valence-electron chi connectivity index (χ0n) is 10.1. The lowest BCUT2D eigenvalue weighted by Gasteiger charge is -2.03. The van der Waals surface area contributed by atoms with Crippen molar-refractivity contribution in [1.82, 2.24) is 0 Å². The van der Waals surface area contributed by atoms with Crippen LogP contribution in [0.5, 0.6) is 0 Å². The summed E-state index contributed by atoms with van der Waals surface area (Å²) in [6.07, 6.45) is 4.20. The highest BCUT2D eigenvalue weighted by molar-refractivity contribution is 5.70. The molecule has 0 amide bonds. The Morgan fingerprint density at radius 3 is 2.80 bits per heavy atom. The van der Waals surface area contributed by atoms with Crippen LogP contribution in [0.3, 0.4) is 0 Å². The summed E-state index contributed by atoms with van der Waals surface area (Å²) < 4.78 is 7.91. The predicted octanol–water partition coefficient (Wildman–Crippen LogP) is 3.05. The van der Waals surface area contributed by atoms with E-state index in [1.165, 1.54) is 0 Å². The molecule has 0 aliphatic carbocycles. The SMILES string of the molecule is [2H]c1c(CCCCC)cccc1CC(=O)O. The van der Waals surface area contributed by atoms with Crippen molar-refractivity contribution in [3.05, 3.63) is 35.4 Å². The van der Waals surface area contributed by atoms with E-state index in [9.17, 15) is 4.79 Å². The van der Waals surface area contributed by atoms with E-state index < -0.39 is 5.97 Å². The minimum absolute atomic E-state index is 0.0551. The smallest absolute Gasteiger partial charge is 0.307 e. The van der Waals surface area contributed by atoms with Crippen LogP contribution in [-0.4, -0.2) is 11.1 Å². The number of carboxylic acid groups (broad SMARTS) is 1. The number of carboxylic acids is 1. The molecule has 0 aliphatic rings. The molecule has 0 radical (unpaired) electrons. The largest absolute Gasteiger partial charge is 0.481 e. The Kier molecular flexibility index (Phi) is 4.24. The van der Waals surface area contributed by atoms with Crippen molar-refractivity contribution in [1.29, 1.82) is 0 Å². The molecule has 0 bridgehead atoms. The molecule has 15 heavy (non-hydrogen) atoms. The Morgan fingerprint density at radius 2 is 2.13 bits per heavy atom. The van der Waals surface area contributed by atoms with E-state index in [2.05, 4.69) is 6.92 Å². The van der Waals surface area contributed by atoms with E-state index in [1.54, 1.807) is 6.07 Å². The first kappa shape index (κ1) is 10.2. The highest BCUT2D eigenvalue weighted by Gasteiger charge is 2.01. The first-order chi connectivity index (χ1) is 7.65. The van der Waals surface area contributed by atoms with E-state index in [4.69, 9.17) is 6.48 Å². The van der Waals surface area contributed by atoms with Crippen molar-refractivity contribution in [3.8, 4) is 0 Å². The Balaban J connectivity index is 2.74. The molecule has 0 aliphatic heterocycles. The highest BCUT2D eigenvalue weighted by Crippen LogP contribution is 2.10. The summed E-state index contributed by atoms with van der Waals surface area (Å²) in [5, 5.41) is 8.71. The zero-order chi connectivity index (χ0) is 12.0. The van der Waals surface area contributed by atoms with Gasteiger partial charge in [-0.25, -0.2) is 0 Å². The van der Waals surface area contributed by atoms with Crippen LogP contribution < -0.4 is 0 Å². The number of carbonyl (C=O) groups is 1. The van der Waals surface area contributed by atoms with Crippen LogP contribution in [0.1, 0.15) is 38.7 Å². The van der Waals surface area contributed by atoms with Gasteiger partial charge in [-0.15, -0.1) is 0 Å². The molecule has 0 heterocycles. The van der Waals surface area contributed by atoms with Crippen molar-refractivity contribution in [2.24, 2.45) is 0 Å². The molecule has 2 nitrogen and oxygen atoms in total. The molecule has 0 fully saturated rings. The van der Waals surface area contributed by atoms with Gasteiger partial charge in [0.05, 0.1) is 7.79 Å². The number of aliphatic carboxylic acids is 1. The van der Waals surface area contributed by atoms with Gasteiger partial charge >= 0.3 is 5.97 Å². The second-order valence-electron chi connectivity index (χ2n) is 3.73. The van der Waals surface area contributed by atoms with E-state index in [-0.39, 0.29) is 6.42 Å². The van der Waals surface area contributed by atoms with Crippen molar-refractivity contribution in [2.75, 3.05) is 0 Å². The number of rotatable bonds is 6. The van der Waals surface area contributed by atoms with Gasteiger partial charge in [-0.2, -0.15) is 0 Å². The monoisotopic (exact) mass is 207 g/mol. The highest BCUT2D eigenvalue weighted by atomic mass is 16.4. The molecular formula is C13H18O2. The van der Waals surface area contributed by atoms with Crippen molar-refractivity contribution >= 4 is 5.97 Å². The molecule has 82 valence electrons. The second kappa shape index (κ2) is 6.23. The minimum atomic E-state index is -0.876. The molecule has 1 N–H and O–H groups in total. The zero-order valence-corrected chi connectivity index (χ0v) is 9.12. The maximum Gasteiger partial charge on any atom is 0.307 e. The average molecular weight is 207 g/mol. The molecule has 0 spiro atoms. The second-order valence-corrected chi connectivity index (χ2v) is 3.73. The van der Waals surface area contributed by atoms with Gasteiger partial charge in [-0.3, -0.25) is 4.79 Å². The molecule has 0 atom stereocenters. The summed E-state index contributed by atoms with van der Waals surface area (Å²) in [5.41, 5.74) is 1.58. The van der Waals surface area contributed by atoms with Crippen molar-refractivity contribution in [2.45, 2.75) is 39.0 Å². The molecule has 0 saturated carbocycles. The third-order valence-electron chi connectivity index (χ3n) is 2.31. The van der Waals surface area contributed by atoms with Crippen LogP contribution in [0, 0.1) is 0 Å². The standard InChI is InChI=1S/C13H18O2/c1-2-3-4-6-11-7-5-8-12(9-11)10-13(14)15/h5,7-9H,2-4,6,10H2,1H3,(H,14,15)/i9D. The molecule has 0 unspecified atom stereocenters. The molecule has 1 aromatic rings. The van der Waals surface area contributed by atoms with Gasteiger partial charge in [0, 0.05) is 0 Å². The third-order valence-corrected chi connectivity index (χ3v) is 2.31. The number of unbranched alkanes of at least 4 members (excludes halogenated alkanes) is 2. The third kappa shape index (κ3) is 4.63. The van der Waals surface area contributed by atoms with E-state index >= 15 is 0 Å². The molecular weight excluding hydrogens is 188 g/mol. The fourth-order valence-electron chi connectivity index (χ4n) is 1.55. The number of hydrogen-bond acceptors (Lipinski definition) is 1. The topological polar surface area (TPSA) is 37.3 Å². The predicted molar refractivity (Wildman–Crippen MR) is 61.0 cm³/mol. The van der Waals surface area contributed by atoms with Gasteiger partial charge in [-0.1, -0.05) is 44.0 Å². The Labute approximate surface area is 92.3 Å². The number of benzene rings is 1. The molecule has 2 heteroatoms. The van der Waals surface area contributed by atoms with Gasteiger partial charge in [0.15, 0.2) is 0 Å². The van der Waals surface area contributed by atoms with Crippen LogP contribution in [0.4, 0.5) is 0 Å². The normalized spacial score (nSPS) is 11.1. The van der Waals surface area contributed by atoms with Crippen LogP contribution in [0.15, 0.2) is 24.2 Å². The molecule has 0 saturated heterocycles. The van der Waals surface area contributed by atoms with Crippen molar-refractivity contribution < 1.29 is 11.3 Å². The van der Waals surface area contributed by atoms with Gasteiger partial charge in [0.2, 0.25) is 0 Å². The van der Waals surface area contributed by atoms with E-state index in [0.29, 0.717) is 11.6 Å². The summed E-state index contributed by atoms with van der Waals surface area (Å²) in [6, 6.07) is 5.89. The van der Waals surface area contributed by atoms with E-state index in [1.807, 2.05) is 12.1 Å². The summed E-state index contributed by atoms with van der Waals surface area (Å²) in [4.78, 5) is 10.6. The molecule has 0 aromatic heterocycles. The van der Waals surface area contributed by atoms with Gasteiger partial charge in [0.25, 0.3) is 0 Å². The Morgan fingerprint density at radius 1 is 1.40 bits per heavy atom. The Bertz CT molecular complexity index is 361.